The van der Waals surface area contributed by atoms with E-state index in [4.69, 9.17) is 4.74 Å². The number of hydrogen-bond acceptors (Lipinski definition) is 4. The van der Waals surface area contributed by atoms with Crippen LogP contribution in [0.5, 0.6) is 5.75 Å². The minimum atomic E-state index is -0.384. The van der Waals surface area contributed by atoms with Crippen LogP contribution in [0.25, 0.3) is 0 Å². The van der Waals surface area contributed by atoms with Crippen LogP contribution < -0.4 is 4.74 Å². The van der Waals surface area contributed by atoms with Crippen molar-refractivity contribution < 1.29 is 14.6 Å². The molecular formula is C19H23N3O3. The third kappa shape index (κ3) is 2.52. The molecule has 132 valence electrons. The Hall–Kier alpha value is -2.34. The van der Waals surface area contributed by atoms with Crippen molar-refractivity contribution in [3.05, 3.63) is 46.8 Å². The number of nitrogens with zero attached hydrogens (tertiary/aromatic N) is 3. The maximum Gasteiger partial charge on any atom is 0.233 e. The zero-order valence-electron chi connectivity index (χ0n) is 14.7. The number of carbonyl (C=O) groups is 1. The van der Waals surface area contributed by atoms with Crippen LogP contribution in [0.3, 0.4) is 0 Å². The van der Waals surface area contributed by atoms with Crippen molar-refractivity contribution in [3.8, 4) is 5.75 Å². The van der Waals surface area contributed by atoms with Crippen molar-refractivity contribution in [2.45, 2.75) is 37.8 Å². The molecule has 1 saturated carbocycles. The van der Waals surface area contributed by atoms with Gasteiger partial charge in [0.05, 0.1) is 24.8 Å². The summed E-state index contributed by atoms with van der Waals surface area (Å²) < 4.78 is 7.05. The van der Waals surface area contributed by atoms with E-state index in [1.165, 1.54) is 0 Å². The van der Waals surface area contributed by atoms with Gasteiger partial charge in [0.1, 0.15) is 5.75 Å². The van der Waals surface area contributed by atoms with Crippen molar-refractivity contribution in [3.63, 3.8) is 0 Å². The average molecular weight is 341 g/mol. The van der Waals surface area contributed by atoms with Gasteiger partial charge in [0, 0.05) is 37.8 Å². The molecule has 25 heavy (non-hydrogen) atoms. The number of aliphatic hydroxyl groups is 1. The molecule has 1 fully saturated rings. The van der Waals surface area contributed by atoms with Crippen LogP contribution in [0.15, 0.2) is 24.3 Å². The van der Waals surface area contributed by atoms with Gasteiger partial charge in [-0.3, -0.25) is 9.48 Å². The number of hydrogen-bond donors (Lipinski definition) is 1. The molecule has 0 spiro atoms. The summed E-state index contributed by atoms with van der Waals surface area (Å²) in [6.07, 6.45) is 2.56. The number of methoxy groups -OCH3 is 1. The largest absolute Gasteiger partial charge is 0.497 e. The van der Waals surface area contributed by atoms with Crippen LogP contribution in [0.1, 0.15) is 35.4 Å². The van der Waals surface area contributed by atoms with Crippen LogP contribution in [0, 0.1) is 0 Å². The van der Waals surface area contributed by atoms with E-state index in [1.54, 1.807) is 7.11 Å². The summed E-state index contributed by atoms with van der Waals surface area (Å²) in [6, 6.07) is 7.84. The number of aryl methyl sites for hydroxylation is 1. The van der Waals surface area contributed by atoms with E-state index in [9.17, 15) is 9.90 Å². The molecule has 0 radical (unpaired) electrons. The molecule has 1 amide bonds. The second-order valence-corrected chi connectivity index (χ2v) is 6.94. The minimum absolute atomic E-state index is 0.0885. The van der Waals surface area contributed by atoms with Crippen molar-refractivity contribution >= 4 is 5.91 Å². The van der Waals surface area contributed by atoms with Gasteiger partial charge >= 0.3 is 0 Å². The number of benzene rings is 1. The molecule has 1 N–H and O–H groups in total. The standard InChI is InChI=1S/C19H23N3O3/c1-21-17-7-10-22(11-15(17)16(12-23)20-21)18(24)19(8-9-19)13-3-5-14(25-2)6-4-13/h3-6,23H,7-12H2,1-2H3. The van der Waals surface area contributed by atoms with E-state index < -0.39 is 0 Å². The quantitative estimate of drug-likeness (QED) is 0.916. The summed E-state index contributed by atoms with van der Waals surface area (Å²) >= 11 is 0. The predicted octanol–water partition coefficient (Wildman–Crippen LogP) is 1.54. The number of ether oxygens (including phenoxy) is 1. The lowest BCUT2D eigenvalue weighted by molar-refractivity contribution is -0.135. The fourth-order valence-corrected chi connectivity index (χ4v) is 3.93. The highest BCUT2D eigenvalue weighted by molar-refractivity contribution is 5.91. The van der Waals surface area contributed by atoms with Crippen molar-refractivity contribution in [1.29, 1.82) is 0 Å². The second-order valence-electron chi connectivity index (χ2n) is 6.94. The number of fused-ring (bicyclic) bond motifs is 1. The SMILES string of the molecule is COc1ccc(C2(C(=O)N3CCc4c(c(CO)nn4C)C3)CC2)cc1. The first-order valence-corrected chi connectivity index (χ1v) is 8.67. The molecule has 0 saturated heterocycles. The lowest BCUT2D eigenvalue weighted by Crippen LogP contribution is -2.42. The number of carbonyl (C=O) groups excluding carboxylic acids is 1. The van der Waals surface area contributed by atoms with Gasteiger partial charge in [0.2, 0.25) is 5.91 Å². The van der Waals surface area contributed by atoms with Gasteiger partial charge in [0.15, 0.2) is 0 Å². The van der Waals surface area contributed by atoms with Gasteiger partial charge in [-0.25, -0.2) is 0 Å². The minimum Gasteiger partial charge on any atom is -0.497 e. The molecule has 4 rings (SSSR count). The Bertz CT molecular complexity index is 806. The molecule has 6 heteroatoms. The van der Waals surface area contributed by atoms with Gasteiger partial charge in [-0.05, 0) is 30.5 Å². The first-order valence-electron chi connectivity index (χ1n) is 8.67. The summed E-state index contributed by atoms with van der Waals surface area (Å²) in [5.41, 5.74) is 3.50. The Labute approximate surface area is 147 Å². The number of rotatable bonds is 4. The van der Waals surface area contributed by atoms with Gasteiger partial charge in [-0.15, -0.1) is 0 Å². The second kappa shape index (κ2) is 5.88. The number of aromatic nitrogens is 2. The van der Waals surface area contributed by atoms with Gasteiger partial charge < -0.3 is 14.7 Å². The molecule has 1 aliphatic heterocycles. The Morgan fingerprint density at radius 2 is 2.04 bits per heavy atom. The Kier molecular flexibility index (Phi) is 3.80. The Morgan fingerprint density at radius 1 is 1.32 bits per heavy atom. The molecule has 1 aliphatic carbocycles. The third-order valence-corrected chi connectivity index (χ3v) is 5.56. The Balaban J connectivity index is 1.58. The zero-order chi connectivity index (χ0) is 17.6. The van der Waals surface area contributed by atoms with E-state index in [0.717, 1.165) is 41.8 Å². The normalized spacial score (nSPS) is 18.0. The van der Waals surface area contributed by atoms with Gasteiger partial charge in [-0.1, -0.05) is 12.1 Å². The van der Waals surface area contributed by atoms with E-state index in [0.29, 0.717) is 18.8 Å². The van der Waals surface area contributed by atoms with E-state index in [-0.39, 0.29) is 17.9 Å². The average Bonchev–Trinajstić information content (AvgIpc) is 3.40. The topological polar surface area (TPSA) is 67.6 Å². The highest BCUT2D eigenvalue weighted by Crippen LogP contribution is 2.50. The maximum absolute atomic E-state index is 13.3. The highest BCUT2D eigenvalue weighted by Gasteiger charge is 2.53. The van der Waals surface area contributed by atoms with Crippen LogP contribution in [0.4, 0.5) is 0 Å². The summed E-state index contributed by atoms with van der Waals surface area (Å²) in [6.45, 7) is 1.15. The van der Waals surface area contributed by atoms with Crippen LogP contribution in [0.2, 0.25) is 0 Å². The Morgan fingerprint density at radius 3 is 2.64 bits per heavy atom. The lowest BCUT2D eigenvalue weighted by Gasteiger charge is -2.31. The highest BCUT2D eigenvalue weighted by atomic mass is 16.5. The van der Waals surface area contributed by atoms with Crippen LogP contribution in [-0.4, -0.2) is 39.3 Å². The lowest BCUT2D eigenvalue weighted by atomic mass is 9.93. The number of amides is 1. The summed E-state index contributed by atoms with van der Waals surface area (Å²) in [5, 5.41) is 13.9. The molecule has 2 aliphatic rings. The smallest absolute Gasteiger partial charge is 0.233 e. The summed E-state index contributed by atoms with van der Waals surface area (Å²) in [5.74, 6) is 0.994. The van der Waals surface area contributed by atoms with Crippen LogP contribution >= 0.6 is 0 Å². The van der Waals surface area contributed by atoms with Crippen molar-refractivity contribution in [1.82, 2.24) is 14.7 Å². The maximum atomic E-state index is 13.3. The third-order valence-electron chi connectivity index (χ3n) is 5.56. The molecule has 0 unspecified atom stereocenters. The van der Waals surface area contributed by atoms with Gasteiger partial charge in [0.25, 0.3) is 0 Å². The van der Waals surface area contributed by atoms with Crippen molar-refractivity contribution in [2.75, 3.05) is 13.7 Å². The van der Waals surface area contributed by atoms with Crippen LogP contribution in [-0.2, 0) is 36.8 Å². The van der Waals surface area contributed by atoms with E-state index in [1.807, 2.05) is 40.9 Å². The summed E-state index contributed by atoms with van der Waals surface area (Å²) in [4.78, 5) is 15.2. The first kappa shape index (κ1) is 16.1. The predicted molar refractivity (Wildman–Crippen MR) is 92.2 cm³/mol. The molecule has 1 aromatic carbocycles. The molecule has 2 aromatic rings. The molecule has 1 aromatic heterocycles. The molecule has 6 nitrogen and oxygen atoms in total. The monoisotopic (exact) mass is 341 g/mol. The fourth-order valence-electron chi connectivity index (χ4n) is 3.93. The van der Waals surface area contributed by atoms with Gasteiger partial charge in [-0.2, -0.15) is 5.10 Å². The van der Waals surface area contributed by atoms with E-state index in [2.05, 4.69) is 5.10 Å². The van der Waals surface area contributed by atoms with E-state index >= 15 is 0 Å². The zero-order valence-corrected chi connectivity index (χ0v) is 14.7. The summed E-state index contributed by atoms with van der Waals surface area (Å²) in [7, 11) is 3.54. The molecular weight excluding hydrogens is 318 g/mol. The molecule has 2 heterocycles. The first-order chi connectivity index (χ1) is 12.1. The number of aliphatic hydroxyl groups excluding tert-OH is 1. The molecule has 0 atom stereocenters. The van der Waals surface area contributed by atoms with Crippen molar-refractivity contribution in [2.24, 2.45) is 7.05 Å². The fraction of sp³-hybridized carbons (Fsp3) is 0.474. The molecule has 0 bridgehead atoms.